The quantitative estimate of drug-likeness (QED) is 0.422. The van der Waals surface area contributed by atoms with Gasteiger partial charge in [0.25, 0.3) is 11.8 Å². The lowest BCUT2D eigenvalue weighted by Gasteiger charge is -2.09. The summed E-state index contributed by atoms with van der Waals surface area (Å²) in [5.41, 5.74) is 4.42. The number of pyridine rings is 1. The minimum Gasteiger partial charge on any atom is -0.497 e. The Kier molecular flexibility index (Phi) is 6.23. The number of hydrogen-bond acceptors (Lipinski definition) is 7. The summed E-state index contributed by atoms with van der Waals surface area (Å²) in [7, 11) is 1.59. The number of fused-ring (bicyclic) bond motifs is 1. The summed E-state index contributed by atoms with van der Waals surface area (Å²) in [5, 5.41) is 5.69. The lowest BCUT2D eigenvalue weighted by molar-refractivity contribution is 0.0946. The summed E-state index contributed by atoms with van der Waals surface area (Å²) in [6, 6.07) is 16.4. The smallest absolute Gasteiger partial charge is 0.270 e. The number of hydrogen-bond donors (Lipinski definition) is 4. The highest BCUT2D eigenvalue weighted by atomic mass is 32.2. The Bertz CT molecular complexity index is 1120. The van der Waals surface area contributed by atoms with Crippen LogP contribution in [0.15, 0.2) is 60.8 Å². The van der Waals surface area contributed by atoms with Crippen LogP contribution in [0.25, 0.3) is 0 Å². The van der Waals surface area contributed by atoms with Gasteiger partial charge in [-0.25, -0.2) is 0 Å². The number of amides is 2. The number of nitrogens with one attached hydrogen (secondary N) is 4. The summed E-state index contributed by atoms with van der Waals surface area (Å²) in [6.45, 7) is 0.700. The molecule has 4 rings (SSSR count). The average molecular weight is 436 g/mol. The second kappa shape index (κ2) is 9.40. The molecule has 1 aliphatic heterocycles. The highest BCUT2D eigenvalue weighted by molar-refractivity contribution is 8.02. The lowest BCUT2D eigenvalue weighted by Crippen LogP contribution is -2.26. The first-order chi connectivity index (χ1) is 15.1. The number of benzene rings is 2. The van der Waals surface area contributed by atoms with Crippen LogP contribution in [0.2, 0.25) is 0 Å². The topological polar surface area (TPSA) is 104 Å². The molecule has 0 saturated heterocycles. The molecule has 0 atom stereocenters. The van der Waals surface area contributed by atoms with Gasteiger partial charge >= 0.3 is 0 Å². The first-order valence-corrected chi connectivity index (χ1v) is 10.4. The van der Waals surface area contributed by atoms with E-state index >= 15 is 0 Å². The van der Waals surface area contributed by atoms with E-state index in [9.17, 15) is 9.59 Å². The molecule has 2 amide bonds. The van der Waals surface area contributed by atoms with Crippen molar-refractivity contribution in [2.45, 2.75) is 13.1 Å². The maximum Gasteiger partial charge on any atom is 0.270 e. The third-order valence-electron chi connectivity index (χ3n) is 4.70. The fraction of sp³-hybridized carbons (Fsp3) is 0.136. The van der Waals surface area contributed by atoms with Crippen LogP contribution in [-0.2, 0) is 13.1 Å². The molecule has 158 valence electrons. The predicted molar refractivity (Wildman–Crippen MR) is 121 cm³/mol. The molecular formula is C22H21N5O3S. The van der Waals surface area contributed by atoms with Crippen molar-refractivity contribution in [3.8, 4) is 5.75 Å². The van der Waals surface area contributed by atoms with Gasteiger partial charge in [-0.2, -0.15) is 0 Å². The Morgan fingerprint density at radius 2 is 1.71 bits per heavy atom. The fourth-order valence-corrected chi connectivity index (χ4v) is 3.66. The van der Waals surface area contributed by atoms with Gasteiger partial charge in [0.15, 0.2) is 0 Å². The molecule has 1 aliphatic rings. The highest BCUT2D eigenvalue weighted by Crippen LogP contribution is 2.33. The second-order valence-electron chi connectivity index (χ2n) is 6.83. The van der Waals surface area contributed by atoms with Crippen LogP contribution in [0.1, 0.15) is 32.0 Å². The number of anilines is 2. The van der Waals surface area contributed by atoms with Gasteiger partial charge in [0.05, 0.1) is 30.6 Å². The molecule has 0 saturated carbocycles. The lowest BCUT2D eigenvalue weighted by atomic mass is 10.1. The maximum atomic E-state index is 12.6. The molecule has 2 aromatic carbocycles. The molecule has 31 heavy (non-hydrogen) atoms. The van der Waals surface area contributed by atoms with Gasteiger partial charge in [0.2, 0.25) is 0 Å². The minimum atomic E-state index is -0.354. The summed E-state index contributed by atoms with van der Waals surface area (Å²) >= 11 is 1.40. The zero-order chi connectivity index (χ0) is 21.6. The highest BCUT2D eigenvalue weighted by Gasteiger charge is 2.13. The van der Waals surface area contributed by atoms with Crippen molar-refractivity contribution in [3.63, 3.8) is 0 Å². The minimum absolute atomic E-state index is 0.181. The van der Waals surface area contributed by atoms with E-state index < -0.39 is 0 Å². The SMILES string of the molecule is COc1cccc(CNC(=O)c2cc(C(=O)NCc3ccc4c(c3)NSN4)ccn2)c1. The van der Waals surface area contributed by atoms with Crippen LogP contribution >= 0.6 is 12.1 Å². The number of carbonyl (C=O) groups excluding carboxylic acids is 2. The van der Waals surface area contributed by atoms with E-state index in [-0.39, 0.29) is 17.5 Å². The molecule has 0 bridgehead atoms. The Labute approximate surface area is 184 Å². The van der Waals surface area contributed by atoms with Crippen molar-refractivity contribution in [2.75, 3.05) is 16.6 Å². The van der Waals surface area contributed by atoms with Gasteiger partial charge in [-0.05, 0) is 47.5 Å². The van der Waals surface area contributed by atoms with Crippen molar-refractivity contribution in [3.05, 3.63) is 83.2 Å². The van der Waals surface area contributed by atoms with Gasteiger partial charge < -0.3 is 24.8 Å². The van der Waals surface area contributed by atoms with E-state index in [0.29, 0.717) is 18.7 Å². The molecule has 0 unspecified atom stereocenters. The third-order valence-corrected chi connectivity index (χ3v) is 5.34. The number of aromatic nitrogens is 1. The van der Waals surface area contributed by atoms with E-state index in [4.69, 9.17) is 4.74 Å². The molecule has 0 radical (unpaired) electrons. The van der Waals surface area contributed by atoms with Gasteiger partial charge in [-0.1, -0.05) is 18.2 Å². The van der Waals surface area contributed by atoms with Crippen LogP contribution in [0, 0.1) is 0 Å². The van der Waals surface area contributed by atoms with Gasteiger partial charge in [0, 0.05) is 24.8 Å². The molecule has 0 fully saturated rings. The van der Waals surface area contributed by atoms with Crippen LogP contribution < -0.4 is 24.8 Å². The number of nitrogens with zero attached hydrogens (tertiary/aromatic N) is 1. The molecule has 9 heteroatoms. The van der Waals surface area contributed by atoms with Crippen LogP contribution in [0.3, 0.4) is 0 Å². The predicted octanol–water partition coefficient (Wildman–Crippen LogP) is 3.35. The summed E-state index contributed by atoms with van der Waals surface area (Å²) in [4.78, 5) is 29.1. The van der Waals surface area contributed by atoms with Crippen LogP contribution in [0.4, 0.5) is 11.4 Å². The van der Waals surface area contributed by atoms with Gasteiger partial charge in [-0.3, -0.25) is 14.6 Å². The summed E-state index contributed by atoms with van der Waals surface area (Å²) in [5.74, 6) is 0.0927. The monoisotopic (exact) mass is 435 g/mol. The van der Waals surface area contributed by atoms with E-state index in [1.54, 1.807) is 13.2 Å². The van der Waals surface area contributed by atoms with Gasteiger partial charge in [0.1, 0.15) is 11.4 Å². The van der Waals surface area contributed by atoms with Crippen LogP contribution in [-0.4, -0.2) is 23.9 Å². The molecule has 1 aromatic heterocycles. The molecule has 0 spiro atoms. The number of ether oxygens (including phenoxy) is 1. The maximum absolute atomic E-state index is 12.6. The third kappa shape index (κ3) is 5.07. The molecule has 8 nitrogen and oxygen atoms in total. The Morgan fingerprint density at radius 3 is 2.55 bits per heavy atom. The molecule has 2 heterocycles. The number of carbonyl (C=O) groups is 2. The molecule has 0 aliphatic carbocycles. The van der Waals surface area contributed by atoms with Crippen molar-refractivity contribution in [1.29, 1.82) is 0 Å². The second-order valence-corrected chi connectivity index (χ2v) is 7.45. The number of methoxy groups -OCH3 is 1. The first-order valence-electron chi connectivity index (χ1n) is 9.58. The van der Waals surface area contributed by atoms with Crippen LogP contribution in [0.5, 0.6) is 5.75 Å². The van der Waals surface area contributed by atoms with Gasteiger partial charge in [-0.15, -0.1) is 0 Å². The van der Waals surface area contributed by atoms with E-state index in [1.807, 2.05) is 42.5 Å². The Hall–Kier alpha value is -3.72. The zero-order valence-corrected chi connectivity index (χ0v) is 17.6. The Balaban J connectivity index is 1.35. The standard InChI is InChI=1S/C22H21N5O3S/c1-30-17-4-2-3-14(9-17)12-25-22(29)20-11-16(7-8-23-20)21(28)24-13-15-5-6-18-19(10-15)27-31-26-18/h2-11,26-27H,12-13H2,1H3,(H,24,28)(H,25,29). The van der Waals surface area contributed by atoms with Crippen molar-refractivity contribution in [1.82, 2.24) is 15.6 Å². The summed E-state index contributed by atoms with van der Waals surface area (Å²) in [6.07, 6.45) is 1.46. The van der Waals surface area contributed by atoms with E-state index in [1.165, 1.54) is 24.4 Å². The van der Waals surface area contributed by atoms with E-state index in [2.05, 4.69) is 25.1 Å². The van der Waals surface area contributed by atoms with Crippen molar-refractivity contribution < 1.29 is 14.3 Å². The fourth-order valence-electron chi connectivity index (χ4n) is 3.05. The Morgan fingerprint density at radius 1 is 0.935 bits per heavy atom. The molecule has 4 N–H and O–H groups in total. The van der Waals surface area contributed by atoms with E-state index in [0.717, 1.165) is 28.3 Å². The summed E-state index contributed by atoms with van der Waals surface area (Å²) < 4.78 is 11.5. The normalized spacial score (nSPS) is 11.6. The average Bonchev–Trinajstić information content (AvgIpc) is 3.29. The zero-order valence-electron chi connectivity index (χ0n) is 16.8. The first kappa shape index (κ1) is 20.5. The van der Waals surface area contributed by atoms with Crippen molar-refractivity contribution >= 4 is 35.3 Å². The number of rotatable bonds is 7. The molecular weight excluding hydrogens is 414 g/mol. The van der Waals surface area contributed by atoms with Crippen molar-refractivity contribution in [2.24, 2.45) is 0 Å². The largest absolute Gasteiger partial charge is 0.497 e. The molecule has 3 aromatic rings.